The summed E-state index contributed by atoms with van der Waals surface area (Å²) in [5.41, 5.74) is 2.45. The first-order valence-corrected chi connectivity index (χ1v) is 13.5. The molecular weight excluding hydrogens is 499 g/mol. The third kappa shape index (κ3) is 4.68. The fourth-order valence-corrected chi connectivity index (χ4v) is 6.87. The van der Waals surface area contributed by atoms with E-state index in [1.165, 1.54) is 12.1 Å². The first-order valence-electron chi connectivity index (χ1n) is 13.5. The molecule has 2 saturated heterocycles. The van der Waals surface area contributed by atoms with Crippen LogP contribution in [-0.4, -0.2) is 67.3 Å². The van der Waals surface area contributed by atoms with Crippen LogP contribution in [0, 0.1) is 17.0 Å². The molecule has 0 saturated carbocycles. The van der Waals surface area contributed by atoms with Gasteiger partial charge < -0.3 is 14.8 Å². The Labute approximate surface area is 219 Å². The molecule has 6 rings (SSSR count). The maximum Gasteiger partial charge on any atom is 0.401 e. The highest BCUT2D eigenvalue weighted by Crippen LogP contribution is 2.44. The van der Waals surface area contributed by atoms with E-state index in [1.807, 2.05) is 29.2 Å². The molecule has 0 aliphatic carbocycles. The number of hydrogen-bond donors (Lipinski definition) is 1. The van der Waals surface area contributed by atoms with Gasteiger partial charge in [0.25, 0.3) is 0 Å². The van der Waals surface area contributed by atoms with Crippen LogP contribution in [0.5, 0.6) is 0 Å². The molecular formula is C29H33F5N4. The van der Waals surface area contributed by atoms with Gasteiger partial charge in [-0.25, -0.2) is 8.78 Å². The molecule has 9 heteroatoms. The van der Waals surface area contributed by atoms with E-state index in [2.05, 4.69) is 16.9 Å². The van der Waals surface area contributed by atoms with E-state index in [9.17, 15) is 13.2 Å². The molecule has 0 unspecified atom stereocenters. The topological polar surface area (TPSA) is 25.5 Å². The van der Waals surface area contributed by atoms with Gasteiger partial charge in [0.05, 0.1) is 12.6 Å². The lowest BCUT2D eigenvalue weighted by Gasteiger charge is -2.47. The van der Waals surface area contributed by atoms with Crippen LogP contribution in [0.25, 0.3) is 10.9 Å². The second kappa shape index (κ2) is 9.52. The van der Waals surface area contributed by atoms with Gasteiger partial charge in [0.15, 0.2) is 0 Å². The Morgan fingerprint density at radius 1 is 0.921 bits per heavy atom. The van der Waals surface area contributed by atoms with Crippen LogP contribution in [0.15, 0.2) is 36.4 Å². The number of aromatic amines is 1. The van der Waals surface area contributed by atoms with Gasteiger partial charge in [0.2, 0.25) is 0 Å². The van der Waals surface area contributed by atoms with Crippen LogP contribution < -0.4 is 4.90 Å². The summed E-state index contributed by atoms with van der Waals surface area (Å²) in [6, 6.07) is 8.86. The lowest BCUT2D eigenvalue weighted by molar-refractivity contribution is -0.150. The van der Waals surface area contributed by atoms with Crippen molar-refractivity contribution < 1.29 is 22.0 Å². The molecule has 2 aromatic carbocycles. The van der Waals surface area contributed by atoms with Crippen LogP contribution in [0.2, 0.25) is 0 Å². The number of aromatic nitrogens is 1. The first kappa shape index (κ1) is 25.6. The second-order valence-corrected chi connectivity index (χ2v) is 11.4. The second-order valence-electron chi connectivity index (χ2n) is 11.4. The minimum atomic E-state index is -4.49. The van der Waals surface area contributed by atoms with Crippen molar-refractivity contribution >= 4 is 16.6 Å². The van der Waals surface area contributed by atoms with Crippen molar-refractivity contribution in [1.29, 1.82) is 0 Å². The molecule has 2 fully saturated rings. The van der Waals surface area contributed by atoms with Crippen molar-refractivity contribution in [2.24, 2.45) is 5.41 Å². The van der Waals surface area contributed by atoms with Gasteiger partial charge in [0, 0.05) is 47.5 Å². The van der Waals surface area contributed by atoms with Crippen LogP contribution in [0.3, 0.4) is 0 Å². The Balaban J connectivity index is 1.33. The van der Waals surface area contributed by atoms with Crippen molar-refractivity contribution in [2.75, 3.05) is 51.2 Å². The number of piperidine rings is 2. The highest BCUT2D eigenvalue weighted by Gasteiger charge is 2.42. The smallest absolute Gasteiger partial charge is 0.371 e. The SMILES string of the molecule is CN1CCC2(CC1)CCN(c1cc(F)c([C@@H]3c4[nH]c5ccccc5c4CCN3CC(F)(F)F)c(F)c1)CC2. The number of H-pyrrole nitrogens is 1. The van der Waals surface area contributed by atoms with E-state index >= 15 is 8.78 Å². The first-order chi connectivity index (χ1) is 18.1. The number of benzene rings is 2. The quantitative estimate of drug-likeness (QED) is 0.403. The van der Waals surface area contributed by atoms with E-state index in [0.29, 0.717) is 23.2 Å². The number of nitrogens with zero attached hydrogens (tertiary/aromatic N) is 3. The molecule has 38 heavy (non-hydrogen) atoms. The fraction of sp³-hybridized carbons (Fsp3) is 0.517. The number of hydrogen-bond acceptors (Lipinski definition) is 3. The molecule has 1 N–H and O–H groups in total. The molecule has 4 nitrogen and oxygen atoms in total. The number of nitrogens with one attached hydrogen (secondary N) is 1. The third-order valence-corrected chi connectivity index (χ3v) is 9.09. The Kier molecular flexibility index (Phi) is 6.42. The van der Waals surface area contributed by atoms with E-state index in [1.54, 1.807) is 0 Å². The molecule has 0 bridgehead atoms. The van der Waals surface area contributed by atoms with Gasteiger partial charge in [-0.1, -0.05) is 18.2 Å². The third-order valence-electron chi connectivity index (χ3n) is 9.09. The minimum Gasteiger partial charge on any atom is -0.371 e. The molecule has 1 spiro atoms. The van der Waals surface area contributed by atoms with Crippen LogP contribution >= 0.6 is 0 Å². The summed E-state index contributed by atoms with van der Waals surface area (Å²) in [7, 11) is 2.13. The predicted octanol–water partition coefficient (Wildman–Crippen LogP) is 6.27. The van der Waals surface area contributed by atoms with Crippen LogP contribution in [0.1, 0.15) is 48.5 Å². The summed E-state index contributed by atoms with van der Waals surface area (Å²) in [6.07, 6.45) is 0.120. The molecule has 1 aromatic heterocycles. The maximum absolute atomic E-state index is 15.8. The number of rotatable bonds is 3. The number of para-hydroxylation sites is 1. The van der Waals surface area contributed by atoms with Gasteiger partial charge in [-0.2, -0.15) is 13.2 Å². The Bertz CT molecular complexity index is 1290. The number of halogens is 5. The maximum atomic E-state index is 15.8. The van der Waals surface area contributed by atoms with Crippen molar-refractivity contribution in [3.8, 4) is 0 Å². The average Bonchev–Trinajstić information content (AvgIpc) is 3.25. The average molecular weight is 533 g/mol. The molecule has 204 valence electrons. The highest BCUT2D eigenvalue weighted by molar-refractivity contribution is 5.85. The van der Waals surface area contributed by atoms with Gasteiger partial charge >= 0.3 is 6.18 Å². The molecule has 0 radical (unpaired) electrons. The van der Waals surface area contributed by atoms with E-state index in [0.717, 1.165) is 73.2 Å². The zero-order chi connectivity index (χ0) is 26.7. The zero-order valence-corrected chi connectivity index (χ0v) is 21.6. The molecule has 1 atom stereocenters. The summed E-state index contributed by atoms with van der Waals surface area (Å²) in [5.74, 6) is -1.61. The lowest BCUT2D eigenvalue weighted by Crippen LogP contribution is -2.46. The van der Waals surface area contributed by atoms with Gasteiger partial charge in [-0.15, -0.1) is 0 Å². The molecule has 4 heterocycles. The van der Waals surface area contributed by atoms with E-state index in [4.69, 9.17) is 0 Å². The predicted molar refractivity (Wildman–Crippen MR) is 138 cm³/mol. The minimum absolute atomic E-state index is 0.0586. The van der Waals surface area contributed by atoms with Crippen LogP contribution in [0.4, 0.5) is 27.6 Å². The van der Waals surface area contributed by atoms with Crippen molar-refractivity contribution in [1.82, 2.24) is 14.8 Å². The van der Waals surface area contributed by atoms with Gasteiger partial charge in [-0.3, -0.25) is 4.90 Å². The summed E-state index contributed by atoms with van der Waals surface area (Å²) in [4.78, 5) is 8.69. The number of alkyl halides is 3. The summed E-state index contributed by atoms with van der Waals surface area (Å²) in [6.45, 7) is 2.40. The monoisotopic (exact) mass is 532 g/mol. The molecule has 3 aromatic rings. The Morgan fingerprint density at radius 2 is 1.55 bits per heavy atom. The van der Waals surface area contributed by atoms with Gasteiger partial charge in [-0.05, 0) is 81.4 Å². The highest BCUT2D eigenvalue weighted by atomic mass is 19.4. The Morgan fingerprint density at radius 3 is 2.21 bits per heavy atom. The largest absolute Gasteiger partial charge is 0.401 e. The van der Waals surface area contributed by atoms with Crippen molar-refractivity contribution in [3.05, 3.63) is 64.9 Å². The normalized spacial score (nSPS) is 22.8. The Hall–Kier alpha value is -2.65. The lowest BCUT2D eigenvalue weighted by atomic mass is 9.71. The number of anilines is 1. The van der Waals surface area contributed by atoms with E-state index in [-0.39, 0.29) is 12.1 Å². The van der Waals surface area contributed by atoms with E-state index < -0.39 is 30.4 Å². The molecule has 0 amide bonds. The summed E-state index contributed by atoms with van der Waals surface area (Å²) < 4.78 is 72.2. The molecule has 3 aliphatic heterocycles. The van der Waals surface area contributed by atoms with Crippen molar-refractivity contribution in [2.45, 2.75) is 44.3 Å². The summed E-state index contributed by atoms with van der Waals surface area (Å²) in [5, 5.41) is 0.882. The zero-order valence-electron chi connectivity index (χ0n) is 21.6. The number of fused-ring (bicyclic) bond motifs is 3. The number of likely N-dealkylation sites (tertiary alicyclic amines) is 1. The summed E-state index contributed by atoms with van der Waals surface area (Å²) >= 11 is 0. The van der Waals surface area contributed by atoms with Crippen molar-refractivity contribution in [3.63, 3.8) is 0 Å². The fourth-order valence-electron chi connectivity index (χ4n) is 6.87. The van der Waals surface area contributed by atoms with Gasteiger partial charge in [0.1, 0.15) is 11.6 Å². The van der Waals surface area contributed by atoms with Crippen LogP contribution in [-0.2, 0) is 6.42 Å². The standard InChI is InChI=1S/C29H33F5N4/c1-36-12-7-28(8-13-36)9-14-37(15-10-28)19-16-22(30)25(23(31)17-19)27-26-21(6-11-38(27)18-29(32,33)34)20-4-2-3-5-24(20)35-26/h2-5,16-17,27,35H,6-15,18H2,1H3/t27-/m1/s1. The molecule has 3 aliphatic rings.